The van der Waals surface area contributed by atoms with E-state index in [9.17, 15) is 4.79 Å². The van der Waals surface area contributed by atoms with Crippen LogP contribution >= 0.6 is 22.7 Å². The highest BCUT2D eigenvalue weighted by molar-refractivity contribution is 7.17. The summed E-state index contributed by atoms with van der Waals surface area (Å²) in [6, 6.07) is 4.65. The van der Waals surface area contributed by atoms with Crippen molar-refractivity contribution in [3.05, 3.63) is 33.0 Å². The highest BCUT2D eigenvalue weighted by atomic mass is 32.1. The predicted molar refractivity (Wildman–Crippen MR) is 102 cm³/mol. The lowest BCUT2D eigenvalue weighted by Crippen LogP contribution is -2.43. The molecular formula is C18H25N3OS2. The largest absolute Gasteiger partial charge is 0.362 e. The normalized spacial score (nSPS) is 17.9. The summed E-state index contributed by atoms with van der Waals surface area (Å²) in [7, 11) is 0. The van der Waals surface area contributed by atoms with Gasteiger partial charge in [-0.3, -0.25) is 4.79 Å². The minimum absolute atomic E-state index is 0.171. The van der Waals surface area contributed by atoms with Gasteiger partial charge in [0, 0.05) is 24.0 Å². The number of rotatable bonds is 6. The number of nitrogens with one attached hydrogen (secondary N) is 1. The highest BCUT2D eigenvalue weighted by Gasteiger charge is 2.29. The number of aromatic nitrogens is 1. The van der Waals surface area contributed by atoms with Gasteiger partial charge >= 0.3 is 0 Å². The van der Waals surface area contributed by atoms with Gasteiger partial charge in [0.1, 0.15) is 4.88 Å². The second-order valence-electron chi connectivity index (χ2n) is 6.23. The van der Waals surface area contributed by atoms with Crippen LogP contribution in [0.25, 0.3) is 0 Å². The number of anilines is 1. The molecule has 0 aliphatic carbocycles. The maximum absolute atomic E-state index is 13.1. The summed E-state index contributed by atoms with van der Waals surface area (Å²) in [6.07, 6.45) is 5.58. The molecule has 3 rings (SSSR count). The average molecular weight is 364 g/mol. The number of piperidine rings is 1. The number of likely N-dealkylation sites (tertiary alicyclic amines) is 1. The van der Waals surface area contributed by atoms with Crippen molar-refractivity contribution in [1.82, 2.24) is 9.88 Å². The van der Waals surface area contributed by atoms with Gasteiger partial charge in [0.15, 0.2) is 5.13 Å². The molecule has 0 aromatic carbocycles. The third-order valence-electron chi connectivity index (χ3n) is 4.51. The molecule has 1 N–H and O–H groups in total. The van der Waals surface area contributed by atoms with Gasteiger partial charge in [0.05, 0.1) is 5.69 Å². The number of carbonyl (C=O) groups excluding carboxylic acids is 1. The first-order chi connectivity index (χ1) is 11.7. The van der Waals surface area contributed by atoms with Crippen LogP contribution in [0.5, 0.6) is 0 Å². The van der Waals surface area contributed by atoms with E-state index >= 15 is 0 Å². The Morgan fingerprint density at radius 3 is 3.08 bits per heavy atom. The number of carbonyl (C=O) groups is 1. The summed E-state index contributed by atoms with van der Waals surface area (Å²) in [4.78, 5) is 21.9. The average Bonchev–Trinajstić information content (AvgIpc) is 3.22. The Kier molecular flexibility index (Phi) is 5.89. The molecule has 2 aromatic rings. The molecule has 0 radical (unpaired) electrons. The Morgan fingerprint density at radius 2 is 2.33 bits per heavy atom. The Labute approximate surface area is 151 Å². The zero-order chi connectivity index (χ0) is 16.9. The zero-order valence-corrected chi connectivity index (χ0v) is 16.0. The monoisotopic (exact) mass is 363 g/mol. The van der Waals surface area contributed by atoms with Gasteiger partial charge in [0.25, 0.3) is 5.91 Å². The van der Waals surface area contributed by atoms with Gasteiger partial charge in [0.2, 0.25) is 0 Å². The van der Waals surface area contributed by atoms with E-state index in [1.54, 1.807) is 0 Å². The van der Waals surface area contributed by atoms with E-state index in [4.69, 9.17) is 0 Å². The molecule has 0 bridgehead atoms. The Hall–Kier alpha value is -1.40. The molecule has 1 saturated heterocycles. The van der Waals surface area contributed by atoms with Crippen molar-refractivity contribution in [3.8, 4) is 0 Å². The van der Waals surface area contributed by atoms with E-state index in [0.717, 1.165) is 54.5 Å². The number of amides is 1. The molecule has 0 spiro atoms. The van der Waals surface area contributed by atoms with E-state index in [1.165, 1.54) is 22.6 Å². The molecule has 1 aliphatic rings. The number of thiophene rings is 1. The minimum Gasteiger partial charge on any atom is -0.362 e. The zero-order valence-electron chi connectivity index (χ0n) is 14.4. The van der Waals surface area contributed by atoms with Gasteiger partial charge in [-0.15, -0.1) is 11.3 Å². The molecule has 4 nitrogen and oxygen atoms in total. The summed E-state index contributed by atoms with van der Waals surface area (Å²) in [5, 5.41) is 6.20. The SMILES string of the molecule is CCNc1nc(C)c(C(=O)N2CCCC[C@@H]2CCc2cccs2)s1. The van der Waals surface area contributed by atoms with Crippen molar-refractivity contribution in [2.45, 2.75) is 52.0 Å². The standard InChI is InChI=1S/C18H25N3OS2/c1-3-19-18-20-13(2)16(24-18)17(22)21-11-5-4-7-14(21)9-10-15-8-6-12-23-15/h6,8,12,14H,3-5,7,9-11H2,1-2H3,(H,19,20)/t14-/m1/s1. The van der Waals surface area contributed by atoms with Gasteiger partial charge in [-0.2, -0.15) is 0 Å². The topological polar surface area (TPSA) is 45.2 Å². The molecule has 6 heteroatoms. The smallest absolute Gasteiger partial charge is 0.266 e. The van der Waals surface area contributed by atoms with Gasteiger partial charge < -0.3 is 10.2 Å². The Bertz CT molecular complexity index is 666. The summed E-state index contributed by atoms with van der Waals surface area (Å²) in [5.74, 6) is 0.171. The predicted octanol–water partition coefficient (Wildman–Crippen LogP) is 4.57. The van der Waals surface area contributed by atoms with Crippen LogP contribution in [-0.2, 0) is 6.42 Å². The fraction of sp³-hybridized carbons (Fsp3) is 0.556. The molecule has 1 aliphatic heterocycles. The third-order valence-corrected chi connectivity index (χ3v) is 6.55. The molecule has 0 unspecified atom stereocenters. The van der Waals surface area contributed by atoms with E-state index in [0.29, 0.717) is 6.04 Å². The number of hydrogen-bond donors (Lipinski definition) is 1. The summed E-state index contributed by atoms with van der Waals surface area (Å²) < 4.78 is 0. The lowest BCUT2D eigenvalue weighted by Gasteiger charge is -2.35. The van der Waals surface area contributed by atoms with Crippen molar-refractivity contribution < 1.29 is 4.79 Å². The minimum atomic E-state index is 0.171. The van der Waals surface area contributed by atoms with Crippen molar-refractivity contribution in [1.29, 1.82) is 0 Å². The van der Waals surface area contributed by atoms with Crippen LogP contribution in [0.2, 0.25) is 0 Å². The maximum Gasteiger partial charge on any atom is 0.266 e. The lowest BCUT2D eigenvalue weighted by molar-refractivity contribution is 0.0606. The van der Waals surface area contributed by atoms with Crippen LogP contribution in [0, 0.1) is 6.92 Å². The molecule has 1 atom stereocenters. The van der Waals surface area contributed by atoms with E-state index in [1.807, 2.05) is 25.2 Å². The van der Waals surface area contributed by atoms with Crippen LogP contribution in [0.1, 0.15) is 52.8 Å². The summed E-state index contributed by atoms with van der Waals surface area (Å²) in [5.41, 5.74) is 0.850. The van der Waals surface area contributed by atoms with E-state index in [2.05, 4.69) is 32.7 Å². The van der Waals surface area contributed by atoms with Crippen molar-refractivity contribution in [2.75, 3.05) is 18.4 Å². The number of thiazole rings is 1. The van der Waals surface area contributed by atoms with Crippen LogP contribution in [0.3, 0.4) is 0 Å². The highest BCUT2D eigenvalue weighted by Crippen LogP contribution is 2.29. The van der Waals surface area contributed by atoms with Crippen LogP contribution < -0.4 is 5.32 Å². The van der Waals surface area contributed by atoms with Crippen molar-refractivity contribution in [3.63, 3.8) is 0 Å². The molecule has 2 aromatic heterocycles. The van der Waals surface area contributed by atoms with E-state index < -0.39 is 0 Å². The quantitative estimate of drug-likeness (QED) is 0.817. The van der Waals surface area contributed by atoms with E-state index in [-0.39, 0.29) is 5.91 Å². The van der Waals surface area contributed by atoms with Crippen molar-refractivity contribution in [2.24, 2.45) is 0 Å². The van der Waals surface area contributed by atoms with Crippen LogP contribution in [0.15, 0.2) is 17.5 Å². The molecule has 1 fully saturated rings. The Morgan fingerprint density at radius 1 is 1.46 bits per heavy atom. The van der Waals surface area contributed by atoms with Gasteiger partial charge in [-0.25, -0.2) is 4.98 Å². The fourth-order valence-electron chi connectivity index (χ4n) is 3.28. The Balaban J connectivity index is 1.70. The second-order valence-corrected chi connectivity index (χ2v) is 8.26. The third kappa shape index (κ3) is 3.98. The molecular weight excluding hydrogens is 338 g/mol. The first-order valence-electron chi connectivity index (χ1n) is 8.73. The lowest BCUT2D eigenvalue weighted by atomic mass is 9.97. The molecule has 0 saturated carbocycles. The van der Waals surface area contributed by atoms with Crippen LogP contribution in [-0.4, -0.2) is 34.9 Å². The first kappa shape index (κ1) is 17.4. The summed E-state index contributed by atoms with van der Waals surface area (Å²) in [6.45, 7) is 5.69. The first-order valence-corrected chi connectivity index (χ1v) is 10.4. The maximum atomic E-state index is 13.1. The molecule has 130 valence electrons. The molecule has 24 heavy (non-hydrogen) atoms. The second kappa shape index (κ2) is 8.12. The molecule has 1 amide bonds. The number of aryl methyl sites for hydroxylation is 2. The molecule has 3 heterocycles. The van der Waals surface area contributed by atoms with Gasteiger partial charge in [-0.1, -0.05) is 17.4 Å². The van der Waals surface area contributed by atoms with Crippen molar-refractivity contribution >= 4 is 33.7 Å². The number of nitrogens with zero attached hydrogens (tertiary/aromatic N) is 2. The van der Waals surface area contributed by atoms with Gasteiger partial charge in [-0.05, 0) is 57.4 Å². The van der Waals surface area contributed by atoms with Crippen LogP contribution in [0.4, 0.5) is 5.13 Å². The summed E-state index contributed by atoms with van der Waals surface area (Å²) >= 11 is 3.30. The number of hydrogen-bond acceptors (Lipinski definition) is 5. The fourth-order valence-corrected chi connectivity index (χ4v) is 5.00.